The summed E-state index contributed by atoms with van der Waals surface area (Å²) in [6.07, 6.45) is 1.74. The Morgan fingerprint density at radius 2 is 2.19 bits per heavy atom. The van der Waals surface area contributed by atoms with Crippen molar-refractivity contribution in [2.24, 2.45) is 5.73 Å². The lowest BCUT2D eigenvalue weighted by molar-refractivity contribution is -0.122. The summed E-state index contributed by atoms with van der Waals surface area (Å²) in [4.78, 5) is 11.4. The fourth-order valence-electron chi connectivity index (χ4n) is 2.18. The standard InChI is InChI=1S/C13H18N2O/c1-9-3-2-4-10(7-9)11-5-6-12(14)13(16)15-8-11/h2-4,7,11-12H,5-6,8,14H2,1H3,(H,15,16)/t11?,12-/m1/s1. The van der Waals surface area contributed by atoms with Gasteiger partial charge in [-0.1, -0.05) is 29.8 Å². The Morgan fingerprint density at radius 3 is 2.94 bits per heavy atom. The van der Waals surface area contributed by atoms with Crippen LogP contribution < -0.4 is 11.1 Å². The monoisotopic (exact) mass is 218 g/mol. The SMILES string of the molecule is Cc1cccc(C2CC[C@@H](N)C(=O)NC2)c1. The van der Waals surface area contributed by atoms with Crippen LogP contribution in [-0.2, 0) is 4.79 Å². The fourth-order valence-corrected chi connectivity index (χ4v) is 2.18. The average molecular weight is 218 g/mol. The van der Waals surface area contributed by atoms with Crippen LogP contribution in [0.15, 0.2) is 24.3 Å². The minimum absolute atomic E-state index is 0.0184. The molecule has 1 aromatic rings. The van der Waals surface area contributed by atoms with E-state index < -0.39 is 0 Å². The molecule has 0 aliphatic carbocycles. The Morgan fingerprint density at radius 1 is 1.38 bits per heavy atom. The van der Waals surface area contributed by atoms with Crippen molar-refractivity contribution in [2.45, 2.75) is 31.7 Å². The summed E-state index contributed by atoms with van der Waals surface area (Å²) in [7, 11) is 0. The van der Waals surface area contributed by atoms with E-state index in [9.17, 15) is 4.79 Å². The van der Waals surface area contributed by atoms with Gasteiger partial charge in [0.1, 0.15) is 0 Å². The Hall–Kier alpha value is -1.35. The van der Waals surface area contributed by atoms with Crippen molar-refractivity contribution in [3.05, 3.63) is 35.4 Å². The normalized spacial score (nSPS) is 26.0. The van der Waals surface area contributed by atoms with E-state index in [0.29, 0.717) is 12.5 Å². The van der Waals surface area contributed by atoms with Crippen molar-refractivity contribution in [3.8, 4) is 0 Å². The lowest BCUT2D eigenvalue weighted by atomic mass is 9.93. The number of carbonyl (C=O) groups is 1. The van der Waals surface area contributed by atoms with Gasteiger partial charge in [0.25, 0.3) is 0 Å². The van der Waals surface area contributed by atoms with Gasteiger partial charge in [0.15, 0.2) is 0 Å². The van der Waals surface area contributed by atoms with Gasteiger partial charge in [-0.05, 0) is 25.3 Å². The topological polar surface area (TPSA) is 55.1 Å². The van der Waals surface area contributed by atoms with E-state index in [4.69, 9.17) is 5.73 Å². The second kappa shape index (κ2) is 4.66. The molecule has 1 amide bonds. The molecule has 2 atom stereocenters. The summed E-state index contributed by atoms with van der Waals surface area (Å²) in [5.41, 5.74) is 8.30. The number of benzene rings is 1. The van der Waals surface area contributed by atoms with Gasteiger partial charge in [0.05, 0.1) is 6.04 Å². The van der Waals surface area contributed by atoms with Crippen molar-refractivity contribution in [1.29, 1.82) is 0 Å². The van der Waals surface area contributed by atoms with Crippen LogP contribution in [0, 0.1) is 6.92 Å². The first-order valence-electron chi connectivity index (χ1n) is 5.76. The van der Waals surface area contributed by atoms with Crippen molar-refractivity contribution in [3.63, 3.8) is 0 Å². The molecular weight excluding hydrogens is 200 g/mol. The largest absolute Gasteiger partial charge is 0.354 e. The summed E-state index contributed by atoms with van der Waals surface area (Å²) in [5, 5.41) is 2.90. The van der Waals surface area contributed by atoms with Crippen LogP contribution in [0.2, 0.25) is 0 Å². The number of amides is 1. The van der Waals surface area contributed by atoms with Gasteiger partial charge in [0.2, 0.25) is 5.91 Å². The second-order valence-electron chi connectivity index (χ2n) is 4.54. The van der Waals surface area contributed by atoms with Crippen LogP contribution in [0.25, 0.3) is 0 Å². The van der Waals surface area contributed by atoms with Crippen LogP contribution in [0.1, 0.15) is 29.9 Å². The number of nitrogens with two attached hydrogens (primary N) is 1. The predicted molar refractivity (Wildman–Crippen MR) is 64.1 cm³/mol. The zero-order chi connectivity index (χ0) is 11.5. The van der Waals surface area contributed by atoms with Gasteiger partial charge in [-0.2, -0.15) is 0 Å². The molecule has 1 unspecified atom stereocenters. The summed E-state index contributed by atoms with van der Waals surface area (Å²) in [6.45, 7) is 2.79. The van der Waals surface area contributed by atoms with E-state index in [0.717, 1.165) is 12.8 Å². The third-order valence-corrected chi connectivity index (χ3v) is 3.20. The molecule has 3 N–H and O–H groups in total. The molecule has 1 heterocycles. The van der Waals surface area contributed by atoms with E-state index in [1.165, 1.54) is 11.1 Å². The average Bonchev–Trinajstić information content (AvgIpc) is 2.43. The lowest BCUT2D eigenvalue weighted by Crippen LogP contribution is -2.38. The molecule has 86 valence electrons. The van der Waals surface area contributed by atoms with E-state index in [-0.39, 0.29) is 11.9 Å². The summed E-state index contributed by atoms with van der Waals surface area (Å²) >= 11 is 0. The Labute approximate surface area is 96.0 Å². The van der Waals surface area contributed by atoms with Gasteiger partial charge < -0.3 is 11.1 Å². The highest BCUT2D eigenvalue weighted by Gasteiger charge is 2.22. The molecule has 1 fully saturated rings. The summed E-state index contributed by atoms with van der Waals surface area (Å²) in [6, 6.07) is 8.13. The fraction of sp³-hybridized carbons (Fsp3) is 0.462. The molecule has 0 radical (unpaired) electrons. The molecule has 3 nitrogen and oxygen atoms in total. The van der Waals surface area contributed by atoms with E-state index >= 15 is 0 Å². The molecule has 1 saturated heterocycles. The Balaban J connectivity index is 2.13. The Bertz CT molecular complexity index is 389. The van der Waals surface area contributed by atoms with Crippen LogP contribution in [0.3, 0.4) is 0 Å². The number of carbonyl (C=O) groups excluding carboxylic acids is 1. The smallest absolute Gasteiger partial charge is 0.236 e. The number of hydrogen-bond acceptors (Lipinski definition) is 2. The molecular formula is C13H18N2O. The molecule has 3 heteroatoms. The number of hydrogen-bond donors (Lipinski definition) is 2. The van der Waals surface area contributed by atoms with Gasteiger partial charge in [-0.25, -0.2) is 0 Å². The molecule has 0 spiro atoms. The maximum Gasteiger partial charge on any atom is 0.236 e. The third kappa shape index (κ3) is 2.42. The van der Waals surface area contributed by atoms with Crippen molar-refractivity contribution in [1.82, 2.24) is 5.32 Å². The minimum Gasteiger partial charge on any atom is -0.354 e. The van der Waals surface area contributed by atoms with Crippen LogP contribution in [-0.4, -0.2) is 18.5 Å². The zero-order valence-corrected chi connectivity index (χ0v) is 9.57. The third-order valence-electron chi connectivity index (χ3n) is 3.20. The van der Waals surface area contributed by atoms with E-state index in [2.05, 4.69) is 36.5 Å². The molecule has 2 rings (SSSR count). The first-order valence-corrected chi connectivity index (χ1v) is 5.76. The highest BCUT2D eigenvalue weighted by atomic mass is 16.2. The second-order valence-corrected chi connectivity index (χ2v) is 4.54. The Kier molecular flexibility index (Phi) is 3.25. The highest BCUT2D eigenvalue weighted by molar-refractivity contribution is 5.81. The van der Waals surface area contributed by atoms with Gasteiger partial charge >= 0.3 is 0 Å². The van der Waals surface area contributed by atoms with Crippen LogP contribution in [0.4, 0.5) is 0 Å². The van der Waals surface area contributed by atoms with Gasteiger partial charge in [0, 0.05) is 12.5 Å². The molecule has 16 heavy (non-hydrogen) atoms. The van der Waals surface area contributed by atoms with E-state index in [1.807, 2.05) is 0 Å². The first-order chi connectivity index (χ1) is 7.66. The maximum absolute atomic E-state index is 11.4. The quantitative estimate of drug-likeness (QED) is 0.747. The highest BCUT2D eigenvalue weighted by Crippen LogP contribution is 2.23. The van der Waals surface area contributed by atoms with Crippen molar-refractivity contribution < 1.29 is 4.79 Å². The number of aryl methyl sites for hydroxylation is 1. The van der Waals surface area contributed by atoms with E-state index in [1.54, 1.807) is 0 Å². The van der Waals surface area contributed by atoms with Crippen LogP contribution >= 0.6 is 0 Å². The van der Waals surface area contributed by atoms with Crippen LogP contribution in [0.5, 0.6) is 0 Å². The number of nitrogens with one attached hydrogen (secondary N) is 1. The molecule has 0 bridgehead atoms. The summed E-state index contributed by atoms with van der Waals surface area (Å²) in [5.74, 6) is 0.382. The molecule has 1 aliphatic rings. The molecule has 0 aromatic heterocycles. The first kappa shape index (κ1) is 11.1. The molecule has 0 saturated carbocycles. The molecule has 1 aromatic carbocycles. The number of rotatable bonds is 1. The van der Waals surface area contributed by atoms with Gasteiger partial charge in [-0.3, -0.25) is 4.79 Å². The predicted octanol–water partition coefficient (Wildman–Crippen LogP) is 1.32. The van der Waals surface area contributed by atoms with Crippen molar-refractivity contribution >= 4 is 5.91 Å². The van der Waals surface area contributed by atoms with Crippen molar-refractivity contribution in [2.75, 3.05) is 6.54 Å². The minimum atomic E-state index is -0.338. The zero-order valence-electron chi connectivity index (χ0n) is 9.57. The lowest BCUT2D eigenvalue weighted by Gasteiger charge is -2.14. The summed E-state index contributed by atoms with van der Waals surface area (Å²) < 4.78 is 0. The molecule has 1 aliphatic heterocycles. The maximum atomic E-state index is 11.4. The van der Waals surface area contributed by atoms with Gasteiger partial charge in [-0.15, -0.1) is 0 Å².